The molecule has 0 unspecified atom stereocenters. The lowest BCUT2D eigenvalue weighted by atomic mass is 10.1. The molecular weight excluding hydrogens is 494 g/mol. The number of anilines is 1. The van der Waals surface area contributed by atoms with Crippen LogP contribution in [-0.2, 0) is 39.6 Å². The van der Waals surface area contributed by atoms with Crippen molar-refractivity contribution in [3.8, 4) is 5.75 Å². The number of fused-ring (bicyclic) bond motifs is 1. The number of nitrogens with one attached hydrogen (secondary N) is 2. The second-order valence-electron chi connectivity index (χ2n) is 8.21. The van der Waals surface area contributed by atoms with Crippen molar-refractivity contribution in [1.82, 2.24) is 9.55 Å². The number of nitrogens with zero attached hydrogens (tertiary/aromatic N) is 2. The van der Waals surface area contributed by atoms with Crippen molar-refractivity contribution < 1.29 is 22.7 Å². The lowest BCUT2D eigenvalue weighted by molar-refractivity contribution is -0.142. The van der Waals surface area contributed by atoms with E-state index >= 15 is 0 Å². The summed E-state index contributed by atoms with van der Waals surface area (Å²) in [7, 11) is -2.12. The van der Waals surface area contributed by atoms with Crippen molar-refractivity contribution in [3.63, 3.8) is 0 Å². The van der Waals surface area contributed by atoms with E-state index in [9.17, 15) is 13.2 Å². The molecule has 0 aliphatic heterocycles. The van der Waals surface area contributed by atoms with E-state index in [4.69, 9.17) is 20.6 Å². The SMILES string of the molecule is CCOC(=O)Cc1ccccc1S(=O)(=O)Nc1ccc2c(c1)nc(COc1ccc(C(=N)N)cc1)n2C. The van der Waals surface area contributed by atoms with E-state index in [-0.39, 0.29) is 30.4 Å². The minimum absolute atomic E-state index is 0.00838. The maximum atomic E-state index is 13.2. The molecule has 0 fully saturated rings. The Kier molecular flexibility index (Phi) is 7.44. The molecule has 0 amide bonds. The standard InChI is InChI=1S/C26H27N5O5S/c1-3-35-25(32)14-18-6-4-5-7-23(18)37(33,34)30-19-10-13-22-21(15-19)29-24(31(22)2)16-36-20-11-8-17(9-12-20)26(27)28/h4-13,15,30H,3,14,16H2,1-2H3,(H3,27,28). The number of ether oxygens (including phenoxy) is 2. The molecular formula is C26H27N5O5S. The van der Waals surface area contributed by atoms with Gasteiger partial charge in [-0.1, -0.05) is 18.2 Å². The van der Waals surface area contributed by atoms with Gasteiger partial charge in [-0.15, -0.1) is 0 Å². The van der Waals surface area contributed by atoms with Gasteiger partial charge in [0.25, 0.3) is 10.0 Å². The van der Waals surface area contributed by atoms with Gasteiger partial charge in [-0.25, -0.2) is 13.4 Å². The van der Waals surface area contributed by atoms with Gasteiger partial charge in [-0.2, -0.15) is 0 Å². The number of amidine groups is 1. The van der Waals surface area contributed by atoms with Crippen LogP contribution in [0.1, 0.15) is 23.9 Å². The molecule has 4 aromatic rings. The molecule has 0 spiro atoms. The molecule has 11 heteroatoms. The first-order chi connectivity index (χ1) is 17.7. The van der Waals surface area contributed by atoms with Crippen molar-refractivity contribution >= 4 is 38.5 Å². The van der Waals surface area contributed by atoms with Crippen molar-refractivity contribution in [3.05, 3.63) is 83.7 Å². The zero-order valence-electron chi connectivity index (χ0n) is 20.4. The monoisotopic (exact) mass is 521 g/mol. The number of aromatic nitrogens is 2. The van der Waals surface area contributed by atoms with Crippen molar-refractivity contribution in [2.45, 2.75) is 24.8 Å². The van der Waals surface area contributed by atoms with E-state index in [1.165, 1.54) is 6.07 Å². The van der Waals surface area contributed by atoms with E-state index in [0.29, 0.717) is 33.9 Å². The van der Waals surface area contributed by atoms with Crippen LogP contribution in [-0.4, -0.2) is 36.4 Å². The Morgan fingerprint density at radius 1 is 1.11 bits per heavy atom. The van der Waals surface area contributed by atoms with Gasteiger partial charge in [-0.3, -0.25) is 14.9 Å². The predicted octanol–water partition coefficient (Wildman–Crippen LogP) is 3.34. The highest BCUT2D eigenvalue weighted by Crippen LogP contribution is 2.25. The van der Waals surface area contributed by atoms with E-state index in [1.54, 1.807) is 67.6 Å². The third-order valence-electron chi connectivity index (χ3n) is 5.66. The van der Waals surface area contributed by atoms with E-state index in [2.05, 4.69) is 9.71 Å². The molecule has 0 radical (unpaired) electrons. The number of imidazole rings is 1. The number of aryl methyl sites for hydroxylation is 1. The average molecular weight is 522 g/mol. The summed E-state index contributed by atoms with van der Waals surface area (Å²) in [4.78, 5) is 16.6. The fourth-order valence-electron chi connectivity index (χ4n) is 3.81. The molecule has 0 aliphatic carbocycles. The Labute approximate surface area is 214 Å². The van der Waals surface area contributed by atoms with Crippen LogP contribution in [0.2, 0.25) is 0 Å². The largest absolute Gasteiger partial charge is 0.486 e. The van der Waals surface area contributed by atoms with Crippen LogP contribution in [0.25, 0.3) is 11.0 Å². The van der Waals surface area contributed by atoms with Crippen LogP contribution in [0.3, 0.4) is 0 Å². The van der Waals surface area contributed by atoms with Crippen LogP contribution in [0.5, 0.6) is 5.75 Å². The number of benzene rings is 3. The fraction of sp³-hybridized carbons (Fsp3) is 0.192. The highest BCUT2D eigenvalue weighted by Gasteiger charge is 2.21. The first-order valence-electron chi connectivity index (χ1n) is 11.5. The summed E-state index contributed by atoms with van der Waals surface area (Å²) in [5.74, 6) is 0.734. The maximum absolute atomic E-state index is 13.2. The van der Waals surface area contributed by atoms with Crippen molar-refractivity contribution in [2.75, 3.05) is 11.3 Å². The van der Waals surface area contributed by atoms with Gasteiger partial charge in [0, 0.05) is 12.6 Å². The number of carbonyl (C=O) groups is 1. The molecule has 0 bridgehead atoms. The van der Waals surface area contributed by atoms with Gasteiger partial charge in [0.1, 0.15) is 24.0 Å². The second kappa shape index (κ2) is 10.7. The summed E-state index contributed by atoms with van der Waals surface area (Å²) in [6.07, 6.45) is -0.148. The summed E-state index contributed by atoms with van der Waals surface area (Å²) < 4.78 is 41.6. The van der Waals surface area contributed by atoms with Crippen molar-refractivity contribution in [2.24, 2.45) is 12.8 Å². The number of esters is 1. The molecule has 0 aliphatic rings. The highest BCUT2D eigenvalue weighted by molar-refractivity contribution is 7.92. The molecule has 10 nitrogen and oxygen atoms in total. The smallest absolute Gasteiger partial charge is 0.310 e. The summed E-state index contributed by atoms with van der Waals surface area (Å²) in [5, 5.41) is 7.47. The number of hydrogen-bond acceptors (Lipinski definition) is 7. The molecule has 0 saturated heterocycles. The Balaban J connectivity index is 1.52. The summed E-state index contributed by atoms with van der Waals surface area (Å²) >= 11 is 0. The molecule has 3 aromatic carbocycles. The van der Waals surface area contributed by atoms with Crippen LogP contribution in [0.15, 0.2) is 71.6 Å². The topological polar surface area (TPSA) is 149 Å². The lowest BCUT2D eigenvalue weighted by Gasteiger charge is -2.12. The number of hydrogen-bond donors (Lipinski definition) is 3. The van der Waals surface area contributed by atoms with Crippen LogP contribution in [0.4, 0.5) is 5.69 Å². The Bertz CT molecular complexity index is 1560. The first-order valence-corrected chi connectivity index (χ1v) is 12.9. The van der Waals surface area contributed by atoms with Gasteiger partial charge in [-0.05, 0) is 61.0 Å². The van der Waals surface area contributed by atoms with Gasteiger partial charge in [0.2, 0.25) is 0 Å². The highest BCUT2D eigenvalue weighted by atomic mass is 32.2. The number of nitrogen functional groups attached to an aromatic ring is 1. The molecule has 192 valence electrons. The third-order valence-corrected chi connectivity index (χ3v) is 7.14. The second-order valence-corrected chi connectivity index (χ2v) is 9.86. The van der Waals surface area contributed by atoms with Gasteiger partial charge < -0.3 is 19.8 Å². The predicted molar refractivity (Wildman–Crippen MR) is 140 cm³/mol. The molecule has 0 atom stereocenters. The minimum Gasteiger partial charge on any atom is -0.486 e. The molecule has 4 N–H and O–H groups in total. The molecule has 4 rings (SSSR count). The van der Waals surface area contributed by atoms with Crippen molar-refractivity contribution in [1.29, 1.82) is 5.41 Å². The number of carbonyl (C=O) groups excluding carboxylic acids is 1. The maximum Gasteiger partial charge on any atom is 0.310 e. The van der Waals surface area contributed by atoms with Gasteiger partial charge in [0.05, 0.1) is 34.6 Å². The van der Waals surface area contributed by atoms with Crippen LogP contribution < -0.4 is 15.2 Å². The zero-order chi connectivity index (χ0) is 26.6. The Hall–Kier alpha value is -4.38. The van der Waals surface area contributed by atoms with E-state index < -0.39 is 16.0 Å². The van der Waals surface area contributed by atoms with Gasteiger partial charge >= 0.3 is 5.97 Å². The number of rotatable bonds is 10. The lowest BCUT2D eigenvalue weighted by Crippen LogP contribution is -2.17. The Morgan fingerprint density at radius 2 is 1.84 bits per heavy atom. The normalized spacial score (nSPS) is 11.3. The quantitative estimate of drug-likeness (QED) is 0.165. The fourth-order valence-corrected chi connectivity index (χ4v) is 5.10. The Morgan fingerprint density at radius 3 is 2.54 bits per heavy atom. The number of nitrogens with two attached hydrogens (primary N) is 1. The summed E-state index contributed by atoms with van der Waals surface area (Å²) in [5.41, 5.74) is 8.17. The molecule has 37 heavy (non-hydrogen) atoms. The first kappa shape index (κ1) is 25.7. The third kappa shape index (κ3) is 5.89. The summed E-state index contributed by atoms with van der Waals surface area (Å²) in [6, 6.07) is 18.3. The molecule has 1 heterocycles. The number of sulfonamides is 1. The average Bonchev–Trinajstić information content (AvgIpc) is 3.17. The zero-order valence-corrected chi connectivity index (χ0v) is 21.2. The van der Waals surface area contributed by atoms with Gasteiger partial charge in [0.15, 0.2) is 0 Å². The molecule has 0 saturated carbocycles. The summed E-state index contributed by atoms with van der Waals surface area (Å²) in [6.45, 7) is 2.10. The molecule has 1 aromatic heterocycles. The van der Waals surface area contributed by atoms with E-state index in [0.717, 1.165) is 5.52 Å². The van der Waals surface area contributed by atoms with E-state index in [1.807, 2.05) is 11.6 Å². The van der Waals surface area contributed by atoms with Crippen LogP contribution >= 0.6 is 0 Å². The minimum atomic E-state index is -3.97. The van der Waals surface area contributed by atoms with Crippen LogP contribution in [0, 0.1) is 5.41 Å².